The molecule has 2 atom stereocenters. The third-order valence-electron chi connectivity index (χ3n) is 6.11. The van der Waals surface area contributed by atoms with Gasteiger partial charge in [0.2, 0.25) is 11.8 Å². The summed E-state index contributed by atoms with van der Waals surface area (Å²) in [6, 6.07) is 26.6. The Hall–Kier alpha value is -4.52. The number of rotatable bonds is 5. The second kappa shape index (κ2) is 9.77. The number of hydrogen-bond donors (Lipinski definition) is 1. The Morgan fingerprint density at radius 1 is 0.914 bits per heavy atom. The van der Waals surface area contributed by atoms with Gasteiger partial charge in [-0.25, -0.2) is 9.69 Å². The third kappa shape index (κ3) is 4.61. The number of imide groups is 1. The van der Waals surface area contributed by atoms with Gasteiger partial charge in [-0.15, -0.1) is 0 Å². The second-order valence-corrected chi connectivity index (χ2v) is 8.34. The van der Waals surface area contributed by atoms with Gasteiger partial charge in [-0.2, -0.15) is 0 Å². The average molecular weight is 466 g/mol. The number of hydrogen-bond acceptors (Lipinski definition) is 5. The van der Waals surface area contributed by atoms with Crippen LogP contribution in [0.5, 0.6) is 0 Å². The quantitative estimate of drug-likeness (QED) is 0.453. The Labute approximate surface area is 202 Å². The van der Waals surface area contributed by atoms with E-state index in [0.717, 1.165) is 21.4 Å². The van der Waals surface area contributed by atoms with Crippen LogP contribution in [0.2, 0.25) is 0 Å². The van der Waals surface area contributed by atoms with Crippen LogP contribution in [0.3, 0.4) is 0 Å². The van der Waals surface area contributed by atoms with Gasteiger partial charge in [-0.05, 0) is 23.3 Å². The van der Waals surface area contributed by atoms with E-state index in [1.165, 1.54) is 0 Å². The zero-order valence-electron chi connectivity index (χ0n) is 18.8. The number of para-hydroxylation sites is 1. The molecule has 0 saturated carbocycles. The zero-order valence-corrected chi connectivity index (χ0v) is 18.8. The van der Waals surface area contributed by atoms with E-state index in [-0.39, 0.29) is 13.0 Å². The fourth-order valence-corrected chi connectivity index (χ4v) is 4.45. The largest absolute Gasteiger partial charge is 0.444 e. The first-order valence-electron chi connectivity index (χ1n) is 11.3. The van der Waals surface area contributed by atoms with Crippen LogP contribution in [0, 0.1) is 0 Å². The molecule has 5 rings (SSSR count). The molecule has 7 heteroatoms. The predicted octanol–water partition coefficient (Wildman–Crippen LogP) is 4.89. The monoisotopic (exact) mass is 465 g/mol. The maximum absolute atomic E-state index is 13.6. The predicted molar refractivity (Wildman–Crippen MR) is 131 cm³/mol. The van der Waals surface area contributed by atoms with E-state index in [1.54, 1.807) is 12.3 Å². The van der Waals surface area contributed by atoms with Gasteiger partial charge in [0.25, 0.3) is 0 Å². The molecule has 2 heterocycles. The first-order chi connectivity index (χ1) is 17.1. The highest BCUT2D eigenvalue weighted by atomic mass is 16.6. The summed E-state index contributed by atoms with van der Waals surface area (Å²) in [5, 5.41) is 3.77. The summed E-state index contributed by atoms with van der Waals surface area (Å²) in [5.41, 5.74) is 2.73. The molecule has 174 valence electrons. The van der Waals surface area contributed by atoms with Crippen molar-refractivity contribution in [2.45, 2.75) is 25.0 Å². The van der Waals surface area contributed by atoms with Crippen molar-refractivity contribution >= 4 is 34.5 Å². The molecule has 0 radical (unpaired) electrons. The van der Waals surface area contributed by atoms with Crippen LogP contribution in [0.1, 0.15) is 23.5 Å². The molecule has 0 unspecified atom stereocenters. The summed E-state index contributed by atoms with van der Waals surface area (Å²) < 4.78 is 5.44. The first-order valence-corrected chi connectivity index (χ1v) is 11.3. The van der Waals surface area contributed by atoms with Gasteiger partial charge >= 0.3 is 6.09 Å². The molecule has 1 aromatic heterocycles. The highest BCUT2D eigenvalue weighted by Crippen LogP contribution is 2.36. The number of benzene rings is 3. The zero-order chi connectivity index (χ0) is 24.2. The summed E-state index contributed by atoms with van der Waals surface area (Å²) in [6.07, 6.45) is 0.835. The number of anilines is 1. The SMILES string of the molecule is O=C(Nc1cccc2cccnc12)[C@@H]1[C@H](c2ccccc2)CC(=O)N1C(=O)OCc1ccccc1. The Bertz CT molecular complexity index is 1370. The lowest BCUT2D eigenvalue weighted by atomic mass is 9.91. The Morgan fingerprint density at radius 2 is 1.63 bits per heavy atom. The molecule has 1 saturated heterocycles. The van der Waals surface area contributed by atoms with E-state index >= 15 is 0 Å². The van der Waals surface area contributed by atoms with E-state index in [4.69, 9.17) is 4.74 Å². The number of amides is 3. The maximum atomic E-state index is 13.6. The number of likely N-dealkylation sites (tertiary alicyclic amines) is 1. The highest BCUT2D eigenvalue weighted by molar-refractivity contribution is 6.08. The van der Waals surface area contributed by atoms with Crippen molar-refractivity contribution in [3.8, 4) is 0 Å². The number of aromatic nitrogens is 1. The van der Waals surface area contributed by atoms with E-state index in [0.29, 0.717) is 11.2 Å². The molecule has 0 spiro atoms. The van der Waals surface area contributed by atoms with Crippen LogP contribution in [0.25, 0.3) is 10.9 Å². The van der Waals surface area contributed by atoms with Crippen molar-refractivity contribution in [3.05, 3.63) is 108 Å². The fraction of sp³-hybridized carbons (Fsp3) is 0.143. The van der Waals surface area contributed by atoms with Crippen LogP contribution in [-0.4, -0.2) is 33.8 Å². The van der Waals surface area contributed by atoms with Gasteiger partial charge in [0.1, 0.15) is 12.6 Å². The summed E-state index contributed by atoms with van der Waals surface area (Å²) >= 11 is 0. The highest BCUT2D eigenvalue weighted by Gasteiger charge is 2.48. The number of carbonyl (C=O) groups is 3. The molecule has 1 aliphatic rings. The van der Waals surface area contributed by atoms with Crippen molar-refractivity contribution in [1.29, 1.82) is 0 Å². The molecular weight excluding hydrogens is 442 g/mol. The Balaban J connectivity index is 1.45. The maximum Gasteiger partial charge on any atom is 0.417 e. The molecule has 7 nitrogen and oxygen atoms in total. The molecule has 0 bridgehead atoms. The van der Waals surface area contributed by atoms with Gasteiger partial charge < -0.3 is 10.1 Å². The molecule has 3 amide bonds. The van der Waals surface area contributed by atoms with Crippen molar-refractivity contribution in [2.24, 2.45) is 0 Å². The normalized spacial score (nSPS) is 17.4. The topological polar surface area (TPSA) is 88.6 Å². The lowest BCUT2D eigenvalue weighted by Gasteiger charge is -2.25. The van der Waals surface area contributed by atoms with Gasteiger partial charge in [0, 0.05) is 23.9 Å². The smallest absolute Gasteiger partial charge is 0.417 e. The molecule has 1 N–H and O–H groups in total. The van der Waals surface area contributed by atoms with Crippen molar-refractivity contribution < 1.29 is 19.1 Å². The standard InChI is InChI=1S/C28H23N3O4/c32-24-17-22(20-11-5-2-6-12-20)26(31(24)28(34)35-18-19-9-3-1-4-10-19)27(33)30-23-15-7-13-21-14-8-16-29-25(21)23/h1-16,22,26H,17-18H2,(H,30,33)/t22-,26-/m0/s1. The van der Waals surface area contributed by atoms with Gasteiger partial charge in [0.15, 0.2) is 0 Å². The lowest BCUT2D eigenvalue weighted by Crippen LogP contribution is -2.47. The summed E-state index contributed by atoms with van der Waals surface area (Å²) in [4.78, 5) is 45.1. The van der Waals surface area contributed by atoms with Gasteiger partial charge in [-0.3, -0.25) is 14.6 Å². The summed E-state index contributed by atoms with van der Waals surface area (Å²) in [5.74, 6) is -1.43. The molecule has 0 aliphatic carbocycles. The number of carbonyl (C=O) groups excluding carboxylic acids is 3. The minimum atomic E-state index is -1.06. The Morgan fingerprint density at radius 3 is 2.40 bits per heavy atom. The minimum Gasteiger partial charge on any atom is -0.444 e. The first kappa shape index (κ1) is 22.3. The van der Waals surface area contributed by atoms with Crippen LogP contribution in [0.15, 0.2) is 97.2 Å². The number of ether oxygens (including phenoxy) is 1. The number of nitrogens with zero attached hydrogens (tertiary/aromatic N) is 2. The van der Waals surface area contributed by atoms with Crippen LogP contribution in [-0.2, 0) is 20.9 Å². The molecule has 1 aliphatic heterocycles. The van der Waals surface area contributed by atoms with Crippen LogP contribution in [0.4, 0.5) is 10.5 Å². The molecule has 35 heavy (non-hydrogen) atoms. The van der Waals surface area contributed by atoms with Crippen molar-refractivity contribution in [2.75, 3.05) is 5.32 Å². The van der Waals surface area contributed by atoms with Crippen LogP contribution < -0.4 is 5.32 Å². The number of fused-ring (bicyclic) bond motifs is 1. The van der Waals surface area contributed by atoms with Gasteiger partial charge in [0.05, 0.1) is 11.2 Å². The molecule has 4 aromatic rings. The Kier molecular flexibility index (Phi) is 6.22. The number of nitrogens with one attached hydrogen (secondary N) is 1. The van der Waals surface area contributed by atoms with E-state index in [2.05, 4.69) is 10.3 Å². The number of pyridine rings is 1. The third-order valence-corrected chi connectivity index (χ3v) is 6.11. The van der Waals surface area contributed by atoms with Crippen LogP contribution >= 0.6 is 0 Å². The minimum absolute atomic E-state index is 0.00103. The van der Waals surface area contributed by atoms with E-state index < -0.39 is 29.9 Å². The van der Waals surface area contributed by atoms with Crippen molar-refractivity contribution in [3.63, 3.8) is 0 Å². The van der Waals surface area contributed by atoms with E-state index in [9.17, 15) is 14.4 Å². The van der Waals surface area contributed by atoms with E-state index in [1.807, 2.05) is 84.9 Å². The average Bonchev–Trinajstić information content (AvgIpc) is 3.26. The van der Waals surface area contributed by atoms with Gasteiger partial charge in [-0.1, -0.05) is 78.9 Å². The second-order valence-electron chi connectivity index (χ2n) is 8.34. The summed E-state index contributed by atoms with van der Waals surface area (Å²) in [6.45, 7) is 0.00103. The lowest BCUT2D eigenvalue weighted by molar-refractivity contribution is -0.131. The molecule has 3 aromatic carbocycles. The molecule has 1 fully saturated rings. The fourth-order valence-electron chi connectivity index (χ4n) is 4.45. The summed E-state index contributed by atoms with van der Waals surface area (Å²) in [7, 11) is 0. The van der Waals surface area contributed by atoms with Crippen molar-refractivity contribution in [1.82, 2.24) is 9.88 Å². The molecular formula is C28H23N3O4.